The third-order valence-corrected chi connectivity index (χ3v) is 2.86. The normalized spacial score (nSPS) is 14.3. The molecule has 82 valence electrons. The van der Waals surface area contributed by atoms with Crippen LogP contribution in [0.5, 0.6) is 0 Å². The molecule has 1 heterocycles. The largest absolute Gasteiger partial charge is 0.378 e. The Morgan fingerprint density at radius 3 is 3.00 bits per heavy atom. The van der Waals surface area contributed by atoms with Crippen molar-refractivity contribution in [3.8, 4) is 0 Å². The Morgan fingerprint density at radius 1 is 1.27 bits per heavy atom. The fourth-order valence-electron chi connectivity index (χ4n) is 1.97. The first-order valence-electron chi connectivity index (χ1n) is 5.38. The molecule has 0 aromatic heterocycles. The third kappa shape index (κ3) is 2.64. The molecule has 0 fully saturated rings. The van der Waals surface area contributed by atoms with E-state index in [2.05, 4.69) is 29.2 Å². The minimum atomic E-state index is 0.580. The number of fused-ring (bicyclic) bond motifs is 1. The van der Waals surface area contributed by atoms with Crippen LogP contribution in [0.15, 0.2) is 24.3 Å². The van der Waals surface area contributed by atoms with Crippen LogP contribution in [0.25, 0.3) is 0 Å². The maximum absolute atomic E-state index is 5.54. The minimum absolute atomic E-state index is 0.580. The summed E-state index contributed by atoms with van der Waals surface area (Å²) < 4.78 is 5.39. The fourth-order valence-corrected chi connectivity index (χ4v) is 2.08. The minimum Gasteiger partial charge on any atom is -0.378 e. The van der Waals surface area contributed by atoms with Crippen molar-refractivity contribution in [1.82, 2.24) is 0 Å². The van der Waals surface area contributed by atoms with Gasteiger partial charge < -0.3 is 9.64 Å². The molecule has 0 spiro atoms. The highest BCUT2D eigenvalue weighted by Gasteiger charge is 2.17. The topological polar surface area (TPSA) is 12.5 Å². The number of nitrogens with zero attached hydrogens (tertiary/aromatic N) is 1. The van der Waals surface area contributed by atoms with Gasteiger partial charge in [-0.1, -0.05) is 18.2 Å². The second-order valence-electron chi connectivity index (χ2n) is 3.67. The molecule has 3 heteroatoms. The van der Waals surface area contributed by atoms with Gasteiger partial charge in [0.05, 0.1) is 13.2 Å². The van der Waals surface area contributed by atoms with Gasteiger partial charge in [0, 0.05) is 24.7 Å². The fraction of sp³-hybridized carbons (Fsp3) is 0.500. The average Bonchev–Trinajstić information content (AvgIpc) is 2.68. The van der Waals surface area contributed by atoms with Gasteiger partial charge in [0.1, 0.15) is 0 Å². The first kappa shape index (κ1) is 10.8. The van der Waals surface area contributed by atoms with E-state index in [0.29, 0.717) is 12.5 Å². The summed E-state index contributed by atoms with van der Waals surface area (Å²) in [6.07, 6.45) is 1.16. The van der Waals surface area contributed by atoms with Crippen LogP contribution in [0.4, 0.5) is 5.69 Å². The molecule has 0 amide bonds. The van der Waals surface area contributed by atoms with Gasteiger partial charge in [0.15, 0.2) is 0 Å². The highest BCUT2D eigenvalue weighted by Crippen LogP contribution is 2.26. The molecule has 0 atom stereocenters. The summed E-state index contributed by atoms with van der Waals surface area (Å²) in [6, 6.07) is 8.59. The Bertz CT molecular complexity index is 316. The molecular weight excluding hydrogens is 210 g/mol. The van der Waals surface area contributed by atoms with E-state index < -0.39 is 0 Å². The van der Waals surface area contributed by atoms with E-state index in [0.717, 1.165) is 26.1 Å². The van der Waals surface area contributed by atoms with Crippen molar-refractivity contribution in [2.24, 2.45) is 0 Å². The molecule has 0 aliphatic carbocycles. The van der Waals surface area contributed by atoms with Gasteiger partial charge in [0.2, 0.25) is 0 Å². The van der Waals surface area contributed by atoms with Crippen LogP contribution in [-0.2, 0) is 11.2 Å². The third-order valence-electron chi connectivity index (χ3n) is 2.71. The van der Waals surface area contributed by atoms with Gasteiger partial charge in [0.25, 0.3) is 0 Å². The summed E-state index contributed by atoms with van der Waals surface area (Å²) in [6.45, 7) is 3.50. The molecule has 0 saturated heterocycles. The van der Waals surface area contributed by atoms with Crippen LogP contribution in [0.2, 0.25) is 0 Å². The van der Waals surface area contributed by atoms with Crippen LogP contribution < -0.4 is 4.90 Å². The lowest BCUT2D eigenvalue weighted by Gasteiger charge is -2.18. The second kappa shape index (κ2) is 5.38. The predicted molar refractivity (Wildman–Crippen MR) is 63.9 cm³/mol. The van der Waals surface area contributed by atoms with Crippen molar-refractivity contribution in [1.29, 1.82) is 0 Å². The zero-order chi connectivity index (χ0) is 10.5. The van der Waals surface area contributed by atoms with Crippen LogP contribution in [0.1, 0.15) is 5.56 Å². The highest BCUT2D eigenvalue weighted by atomic mass is 35.5. The number of halogens is 1. The molecule has 1 aromatic rings. The summed E-state index contributed by atoms with van der Waals surface area (Å²) in [4.78, 5) is 2.38. The Balaban J connectivity index is 1.85. The average molecular weight is 226 g/mol. The van der Waals surface area contributed by atoms with Gasteiger partial charge in [-0.2, -0.15) is 0 Å². The van der Waals surface area contributed by atoms with Crippen molar-refractivity contribution >= 4 is 17.3 Å². The smallest absolute Gasteiger partial charge is 0.0642 e. The molecule has 1 aliphatic heterocycles. The maximum atomic E-state index is 5.54. The van der Waals surface area contributed by atoms with Crippen molar-refractivity contribution in [2.75, 3.05) is 37.1 Å². The van der Waals surface area contributed by atoms with E-state index in [-0.39, 0.29) is 0 Å². The molecule has 2 nitrogen and oxygen atoms in total. The molecule has 1 aromatic carbocycles. The van der Waals surface area contributed by atoms with Crippen LogP contribution >= 0.6 is 11.6 Å². The summed E-state index contributed by atoms with van der Waals surface area (Å²) in [5, 5.41) is 0. The molecule has 2 rings (SSSR count). The standard InChI is InChI=1S/C12H16ClNO/c13-6-9-15-10-8-14-7-5-11-3-1-2-4-12(11)14/h1-4H,5-10H2. The number of ether oxygens (including phenoxy) is 1. The number of hydrogen-bond donors (Lipinski definition) is 0. The summed E-state index contributed by atoms with van der Waals surface area (Å²) in [5.74, 6) is 0.580. The monoisotopic (exact) mass is 225 g/mol. The highest BCUT2D eigenvalue weighted by molar-refractivity contribution is 6.17. The number of alkyl halides is 1. The van der Waals surface area contributed by atoms with Crippen molar-refractivity contribution in [3.63, 3.8) is 0 Å². The molecule has 0 bridgehead atoms. The second-order valence-corrected chi connectivity index (χ2v) is 4.05. The Hall–Kier alpha value is -0.730. The lowest BCUT2D eigenvalue weighted by atomic mass is 10.2. The van der Waals surface area contributed by atoms with E-state index in [1.165, 1.54) is 11.3 Å². The summed E-state index contributed by atoms with van der Waals surface area (Å²) in [7, 11) is 0. The lowest BCUT2D eigenvalue weighted by molar-refractivity contribution is 0.156. The number of hydrogen-bond acceptors (Lipinski definition) is 2. The summed E-state index contributed by atoms with van der Waals surface area (Å²) >= 11 is 5.54. The number of para-hydroxylation sites is 1. The number of benzene rings is 1. The van der Waals surface area contributed by atoms with Crippen LogP contribution in [0.3, 0.4) is 0 Å². The van der Waals surface area contributed by atoms with Crippen LogP contribution in [-0.4, -0.2) is 32.2 Å². The van der Waals surface area contributed by atoms with Crippen molar-refractivity contribution in [2.45, 2.75) is 6.42 Å². The van der Waals surface area contributed by atoms with Gasteiger partial charge in [-0.25, -0.2) is 0 Å². The lowest BCUT2D eigenvalue weighted by Crippen LogP contribution is -2.25. The number of anilines is 1. The van der Waals surface area contributed by atoms with Gasteiger partial charge in [-0.3, -0.25) is 0 Å². The van der Waals surface area contributed by atoms with E-state index in [1.807, 2.05) is 0 Å². The molecule has 1 aliphatic rings. The van der Waals surface area contributed by atoms with Gasteiger partial charge >= 0.3 is 0 Å². The first-order valence-corrected chi connectivity index (χ1v) is 5.92. The van der Waals surface area contributed by atoms with Gasteiger partial charge in [-0.05, 0) is 18.1 Å². The molecular formula is C12H16ClNO. The Labute approximate surface area is 95.8 Å². The van der Waals surface area contributed by atoms with Gasteiger partial charge in [-0.15, -0.1) is 11.6 Å². The summed E-state index contributed by atoms with van der Waals surface area (Å²) in [5.41, 5.74) is 2.82. The maximum Gasteiger partial charge on any atom is 0.0642 e. The molecule has 0 unspecified atom stereocenters. The quantitative estimate of drug-likeness (QED) is 0.563. The number of rotatable bonds is 5. The van der Waals surface area contributed by atoms with E-state index in [1.54, 1.807) is 0 Å². The molecule has 0 saturated carbocycles. The van der Waals surface area contributed by atoms with Crippen molar-refractivity contribution in [3.05, 3.63) is 29.8 Å². The Kier molecular flexibility index (Phi) is 3.87. The van der Waals surface area contributed by atoms with E-state index in [4.69, 9.17) is 16.3 Å². The van der Waals surface area contributed by atoms with Crippen LogP contribution in [0, 0.1) is 0 Å². The molecule has 15 heavy (non-hydrogen) atoms. The Morgan fingerprint density at radius 2 is 2.13 bits per heavy atom. The zero-order valence-corrected chi connectivity index (χ0v) is 9.54. The van der Waals surface area contributed by atoms with Crippen molar-refractivity contribution < 1.29 is 4.74 Å². The van der Waals surface area contributed by atoms with E-state index >= 15 is 0 Å². The molecule has 0 radical (unpaired) electrons. The predicted octanol–water partition coefficient (Wildman–Crippen LogP) is 2.30. The first-order chi connectivity index (χ1) is 7.42. The SMILES string of the molecule is ClCCOCCN1CCc2ccccc21. The van der Waals surface area contributed by atoms with E-state index in [9.17, 15) is 0 Å². The molecule has 0 N–H and O–H groups in total. The zero-order valence-electron chi connectivity index (χ0n) is 8.79.